The highest BCUT2D eigenvalue weighted by Crippen LogP contribution is 2.16. The quantitative estimate of drug-likeness (QED) is 0.730. The van der Waals surface area contributed by atoms with Gasteiger partial charge in [-0.2, -0.15) is 0 Å². The predicted octanol–water partition coefficient (Wildman–Crippen LogP) is 4.48. The fraction of sp³-hybridized carbons (Fsp3) is 0.647. The number of benzene rings is 1. The fourth-order valence-corrected chi connectivity index (χ4v) is 2.46. The van der Waals surface area contributed by atoms with Crippen molar-refractivity contribution < 1.29 is 4.39 Å². The lowest BCUT2D eigenvalue weighted by atomic mass is 9.95. The molecule has 0 saturated heterocycles. The molecular formula is C17H28FN. The van der Waals surface area contributed by atoms with E-state index in [0.29, 0.717) is 12.0 Å². The van der Waals surface area contributed by atoms with E-state index in [1.807, 2.05) is 6.07 Å². The molecule has 19 heavy (non-hydrogen) atoms. The third kappa shape index (κ3) is 6.20. The maximum atomic E-state index is 13.3. The zero-order chi connectivity index (χ0) is 14.3. The van der Waals surface area contributed by atoms with Crippen LogP contribution in [0.3, 0.4) is 0 Å². The molecule has 108 valence electrons. The van der Waals surface area contributed by atoms with Crippen molar-refractivity contribution in [3.8, 4) is 0 Å². The van der Waals surface area contributed by atoms with Crippen molar-refractivity contribution in [2.24, 2.45) is 5.92 Å². The van der Waals surface area contributed by atoms with Gasteiger partial charge in [0, 0.05) is 6.04 Å². The average Bonchev–Trinajstić information content (AvgIpc) is 2.36. The minimum Gasteiger partial charge on any atom is -0.314 e. The van der Waals surface area contributed by atoms with Gasteiger partial charge in [0.15, 0.2) is 0 Å². The molecule has 1 aromatic rings. The van der Waals surface area contributed by atoms with Gasteiger partial charge in [0.1, 0.15) is 5.82 Å². The Labute approximate surface area is 117 Å². The van der Waals surface area contributed by atoms with E-state index >= 15 is 0 Å². The Bertz CT molecular complexity index is 374. The molecule has 1 rings (SSSR count). The maximum Gasteiger partial charge on any atom is 0.123 e. The van der Waals surface area contributed by atoms with Crippen LogP contribution in [0.15, 0.2) is 18.2 Å². The summed E-state index contributed by atoms with van der Waals surface area (Å²) in [5.74, 6) is 0.575. The summed E-state index contributed by atoms with van der Waals surface area (Å²) in [5, 5.41) is 3.61. The fourth-order valence-electron chi connectivity index (χ4n) is 2.46. The third-order valence-electron chi connectivity index (χ3n) is 3.51. The van der Waals surface area contributed by atoms with Crippen molar-refractivity contribution in [3.63, 3.8) is 0 Å². The number of aryl methyl sites for hydroxylation is 2. The molecule has 0 aliphatic rings. The standard InChI is InChI=1S/C17H28FN/c1-5-10-19-17(11-13(2)3)9-7-15-12-16(18)8-6-14(15)4/h6,8,12-13,17,19H,5,7,9-11H2,1-4H3. The molecule has 1 nitrogen and oxygen atoms in total. The highest BCUT2D eigenvalue weighted by atomic mass is 19.1. The summed E-state index contributed by atoms with van der Waals surface area (Å²) < 4.78 is 13.3. The molecule has 0 heterocycles. The monoisotopic (exact) mass is 265 g/mol. The van der Waals surface area contributed by atoms with E-state index in [2.05, 4.69) is 33.0 Å². The van der Waals surface area contributed by atoms with Crippen LogP contribution in [0.5, 0.6) is 0 Å². The zero-order valence-corrected chi connectivity index (χ0v) is 12.8. The first-order valence-corrected chi connectivity index (χ1v) is 7.51. The molecule has 1 aromatic carbocycles. The minimum atomic E-state index is -0.123. The van der Waals surface area contributed by atoms with E-state index in [1.54, 1.807) is 12.1 Å². The molecule has 0 aliphatic carbocycles. The molecule has 1 N–H and O–H groups in total. The Hall–Kier alpha value is -0.890. The van der Waals surface area contributed by atoms with Crippen molar-refractivity contribution in [3.05, 3.63) is 35.1 Å². The number of nitrogens with one attached hydrogen (secondary N) is 1. The van der Waals surface area contributed by atoms with Crippen molar-refractivity contribution >= 4 is 0 Å². The molecular weight excluding hydrogens is 237 g/mol. The summed E-state index contributed by atoms with van der Waals surface area (Å²) in [7, 11) is 0. The summed E-state index contributed by atoms with van der Waals surface area (Å²) in [6, 6.07) is 5.64. The van der Waals surface area contributed by atoms with Crippen LogP contribution in [0, 0.1) is 18.7 Å². The van der Waals surface area contributed by atoms with Crippen LogP contribution in [0.2, 0.25) is 0 Å². The lowest BCUT2D eigenvalue weighted by Gasteiger charge is -2.21. The average molecular weight is 265 g/mol. The molecule has 0 bridgehead atoms. The van der Waals surface area contributed by atoms with Gasteiger partial charge < -0.3 is 5.32 Å². The Morgan fingerprint density at radius 3 is 2.63 bits per heavy atom. The van der Waals surface area contributed by atoms with Crippen LogP contribution in [0.25, 0.3) is 0 Å². The lowest BCUT2D eigenvalue weighted by molar-refractivity contribution is 0.398. The van der Waals surface area contributed by atoms with Crippen molar-refractivity contribution in [2.45, 2.75) is 59.4 Å². The van der Waals surface area contributed by atoms with Gasteiger partial charge in [-0.25, -0.2) is 4.39 Å². The summed E-state index contributed by atoms with van der Waals surface area (Å²) in [6.07, 6.45) is 4.39. The Kier molecular flexibility index (Phi) is 7.07. The number of hydrogen-bond donors (Lipinski definition) is 1. The van der Waals surface area contributed by atoms with E-state index in [9.17, 15) is 4.39 Å². The van der Waals surface area contributed by atoms with E-state index in [-0.39, 0.29) is 5.82 Å². The molecule has 0 aromatic heterocycles. The van der Waals surface area contributed by atoms with Gasteiger partial charge in [0.25, 0.3) is 0 Å². The topological polar surface area (TPSA) is 12.0 Å². The summed E-state index contributed by atoms with van der Waals surface area (Å²) >= 11 is 0. The third-order valence-corrected chi connectivity index (χ3v) is 3.51. The SMILES string of the molecule is CCCNC(CCc1cc(F)ccc1C)CC(C)C. The molecule has 0 saturated carbocycles. The molecule has 0 radical (unpaired) electrons. The van der Waals surface area contributed by atoms with Crippen LogP contribution in [0.4, 0.5) is 4.39 Å². The van der Waals surface area contributed by atoms with Gasteiger partial charge >= 0.3 is 0 Å². The first-order chi connectivity index (χ1) is 9.02. The number of rotatable bonds is 8. The van der Waals surface area contributed by atoms with Gasteiger partial charge in [-0.05, 0) is 68.3 Å². The van der Waals surface area contributed by atoms with Crippen LogP contribution >= 0.6 is 0 Å². The van der Waals surface area contributed by atoms with E-state index < -0.39 is 0 Å². The molecule has 0 fully saturated rings. The minimum absolute atomic E-state index is 0.123. The largest absolute Gasteiger partial charge is 0.314 e. The molecule has 1 atom stereocenters. The van der Waals surface area contributed by atoms with Crippen LogP contribution in [0.1, 0.15) is 51.2 Å². The van der Waals surface area contributed by atoms with Gasteiger partial charge in [-0.3, -0.25) is 0 Å². The van der Waals surface area contributed by atoms with Gasteiger partial charge in [0.05, 0.1) is 0 Å². The highest BCUT2D eigenvalue weighted by molar-refractivity contribution is 5.26. The second kappa shape index (κ2) is 8.31. The maximum absolute atomic E-state index is 13.3. The smallest absolute Gasteiger partial charge is 0.123 e. The Balaban J connectivity index is 2.56. The van der Waals surface area contributed by atoms with Gasteiger partial charge in [0.2, 0.25) is 0 Å². The van der Waals surface area contributed by atoms with Crippen LogP contribution < -0.4 is 5.32 Å². The van der Waals surface area contributed by atoms with E-state index in [0.717, 1.165) is 31.4 Å². The Morgan fingerprint density at radius 1 is 1.26 bits per heavy atom. The highest BCUT2D eigenvalue weighted by Gasteiger charge is 2.11. The summed E-state index contributed by atoms with van der Waals surface area (Å²) in [6.45, 7) is 9.84. The molecule has 2 heteroatoms. The number of halogens is 1. The summed E-state index contributed by atoms with van der Waals surface area (Å²) in [4.78, 5) is 0. The molecule has 0 aliphatic heterocycles. The predicted molar refractivity (Wildman–Crippen MR) is 81.0 cm³/mol. The first-order valence-electron chi connectivity index (χ1n) is 7.51. The molecule has 1 unspecified atom stereocenters. The number of hydrogen-bond acceptors (Lipinski definition) is 1. The normalized spacial score (nSPS) is 12.9. The van der Waals surface area contributed by atoms with Crippen molar-refractivity contribution in [1.82, 2.24) is 5.32 Å². The van der Waals surface area contributed by atoms with Crippen LogP contribution in [-0.2, 0) is 6.42 Å². The second-order valence-corrected chi connectivity index (χ2v) is 5.89. The first kappa shape index (κ1) is 16.2. The zero-order valence-electron chi connectivity index (χ0n) is 12.8. The second-order valence-electron chi connectivity index (χ2n) is 5.89. The van der Waals surface area contributed by atoms with Gasteiger partial charge in [-0.15, -0.1) is 0 Å². The molecule has 0 amide bonds. The lowest BCUT2D eigenvalue weighted by Crippen LogP contribution is -2.31. The van der Waals surface area contributed by atoms with Gasteiger partial charge in [-0.1, -0.05) is 26.8 Å². The van der Waals surface area contributed by atoms with Crippen molar-refractivity contribution in [1.29, 1.82) is 0 Å². The van der Waals surface area contributed by atoms with Crippen LogP contribution in [-0.4, -0.2) is 12.6 Å². The summed E-state index contributed by atoms with van der Waals surface area (Å²) in [5.41, 5.74) is 2.34. The van der Waals surface area contributed by atoms with E-state index in [1.165, 1.54) is 12.0 Å². The van der Waals surface area contributed by atoms with E-state index in [4.69, 9.17) is 0 Å². The Morgan fingerprint density at radius 2 is 2.00 bits per heavy atom. The molecule has 0 spiro atoms. The van der Waals surface area contributed by atoms with Crippen molar-refractivity contribution in [2.75, 3.05) is 6.54 Å².